The summed E-state index contributed by atoms with van der Waals surface area (Å²) in [6, 6.07) is 3.32. The van der Waals surface area contributed by atoms with Gasteiger partial charge in [-0.3, -0.25) is 0 Å². The van der Waals surface area contributed by atoms with Crippen LogP contribution < -0.4 is 0 Å². The highest BCUT2D eigenvalue weighted by molar-refractivity contribution is 7.98. The Labute approximate surface area is 111 Å². The van der Waals surface area contributed by atoms with Crippen LogP contribution in [0.4, 0.5) is 8.78 Å². The maximum Gasteiger partial charge on any atom is 0.139 e. The van der Waals surface area contributed by atoms with Gasteiger partial charge in [0.2, 0.25) is 0 Å². The predicted molar refractivity (Wildman–Crippen MR) is 69.8 cm³/mol. The molecule has 0 aliphatic carbocycles. The highest BCUT2D eigenvalue weighted by Crippen LogP contribution is 2.30. The van der Waals surface area contributed by atoms with Crippen molar-refractivity contribution in [1.29, 1.82) is 0 Å². The molecule has 1 aliphatic heterocycles. The Morgan fingerprint density at radius 3 is 2.61 bits per heavy atom. The van der Waals surface area contributed by atoms with E-state index in [2.05, 4.69) is 9.97 Å². The van der Waals surface area contributed by atoms with Crippen LogP contribution in [-0.2, 0) is 11.5 Å². The van der Waals surface area contributed by atoms with Crippen molar-refractivity contribution < 1.29 is 8.78 Å². The second-order valence-electron chi connectivity index (χ2n) is 4.00. The molecule has 1 aliphatic rings. The first-order valence-corrected chi connectivity index (χ1v) is 6.86. The van der Waals surface area contributed by atoms with E-state index >= 15 is 0 Å². The van der Waals surface area contributed by atoms with Crippen LogP contribution in [-0.4, -0.2) is 9.97 Å². The molecule has 6 heteroatoms. The first kappa shape index (κ1) is 11.8. The number of fused-ring (bicyclic) bond motifs is 1. The maximum atomic E-state index is 13.2. The highest BCUT2D eigenvalue weighted by atomic mass is 32.2. The van der Waals surface area contributed by atoms with Crippen LogP contribution in [0.2, 0.25) is 0 Å². The molecule has 0 fully saturated rings. The molecule has 0 saturated heterocycles. The molecular formula is C12H8F2N2S2. The van der Waals surface area contributed by atoms with Crippen LogP contribution in [0.3, 0.4) is 0 Å². The standard InChI is InChI=1S/C12H8F2N2S2/c13-7-1-6(2-8(14)3-7)11-15-10-5-18-4-9(10)12(17)16-11/h1-3H,4-5H2,(H,15,16,17). The van der Waals surface area contributed by atoms with Gasteiger partial charge in [0.1, 0.15) is 22.1 Å². The van der Waals surface area contributed by atoms with Crippen molar-refractivity contribution >= 4 is 24.0 Å². The number of H-pyrrole nitrogens is 1. The number of aromatic nitrogens is 2. The second-order valence-corrected chi connectivity index (χ2v) is 5.37. The van der Waals surface area contributed by atoms with E-state index in [1.165, 1.54) is 12.1 Å². The van der Waals surface area contributed by atoms with Crippen LogP contribution >= 0.6 is 24.0 Å². The van der Waals surface area contributed by atoms with Crippen LogP contribution in [0.1, 0.15) is 11.3 Å². The summed E-state index contributed by atoms with van der Waals surface area (Å²) in [4.78, 5) is 7.31. The fourth-order valence-electron chi connectivity index (χ4n) is 1.90. The van der Waals surface area contributed by atoms with Crippen molar-refractivity contribution in [3.63, 3.8) is 0 Å². The third-order valence-electron chi connectivity index (χ3n) is 2.73. The summed E-state index contributed by atoms with van der Waals surface area (Å²) < 4.78 is 26.9. The zero-order chi connectivity index (χ0) is 12.7. The molecule has 2 aromatic rings. The van der Waals surface area contributed by atoms with Crippen molar-refractivity contribution in [1.82, 2.24) is 9.97 Å². The van der Waals surface area contributed by atoms with Gasteiger partial charge in [0, 0.05) is 34.4 Å². The Bertz CT molecular complexity index is 662. The van der Waals surface area contributed by atoms with Crippen molar-refractivity contribution in [2.24, 2.45) is 0 Å². The number of hydrogen-bond acceptors (Lipinski definition) is 3. The molecule has 1 aromatic heterocycles. The molecule has 0 unspecified atom stereocenters. The minimum atomic E-state index is -0.624. The number of nitrogens with one attached hydrogen (secondary N) is 1. The molecule has 1 aromatic carbocycles. The molecule has 92 valence electrons. The van der Waals surface area contributed by atoms with Gasteiger partial charge in [-0.05, 0) is 12.1 Å². The summed E-state index contributed by atoms with van der Waals surface area (Å²) in [7, 11) is 0. The van der Waals surface area contributed by atoms with E-state index in [1.807, 2.05) is 0 Å². The van der Waals surface area contributed by atoms with E-state index in [0.717, 1.165) is 28.8 Å². The monoisotopic (exact) mass is 282 g/mol. The normalized spacial score (nSPS) is 13.7. The molecular weight excluding hydrogens is 274 g/mol. The van der Waals surface area contributed by atoms with Gasteiger partial charge in [-0.2, -0.15) is 11.8 Å². The highest BCUT2D eigenvalue weighted by Gasteiger charge is 2.16. The average molecular weight is 282 g/mol. The summed E-state index contributed by atoms with van der Waals surface area (Å²) in [6.07, 6.45) is 0. The first-order valence-electron chi connectivity index (χ1n) is 5.30. The van der Waals surface area contributed by atoms with Gasteiger partial charge in [-0.15, -0.1) is 0 Å². The fraction of sp³-hybridized carbons (Fsp3) is 0.167. The van der Waals surface area contributed by atoms with Crippen LogP contribution in [0, 0.1) is 16.3 Å². The summed E-state index contributed by atoms with van der Waals surface area (Å²) in [5.74, 6) is 0.837. The second kappa shape index (κ2) is 4.44. The molecule has 0 radical (unpaired) electrons. The van der Waals surface area contributed by atoms with Crippen molar-refractivity contribution in [3.05, 3.63) is 45.7 Å². The average Bonchev–Trinajstić information content (AvgIpc) is 2.76. The summed E-state index contributed by atoms with van der Waals surface area (Å²) in [6.45, 7) is 0. The predicted octanol–water partition coefficient (Wildman–Crippen LogP) is 3.83. The zero-order valence-electron chi connectivity index (χ0n) is 9.17. The van der Waals surface area contributed by atoms with Crippen molar-refractivity contribution in [2.45, 2.75) is 11.5 Å². The van der Waals surface area contributed by atoms with E-state index in [4.69, 9.17) is 12.2 Å². The summed E-state index contributed by atoms with van der Waals surface area (Å²) in [5, 5.41) is 0. The molecule has 0 bridgehead atoms. The number of rotatable bonds is 1. The van der Waals surface area contributed by atoms with Crippen molar-refractivity contribution in [3.8, 4) is 11.4 Å². The van der Waals surface area contributed by atoms with Crippen LogP contribution in [0.15, 0.2) is 18.2 Å². The molecule has 0 atom stereocenters. The molecule has 0 amide bonds. The van der Waals surface area contributed by atoms with E-state index in [9.17, 15) is 8.78 Å². The molecule has 3 rings (SSSR count). The number of aromatic amines is 1. The minimum absolute atomic E-state index is 0.373. The van der Waals surface area contributed by atoms with Crippen molar-refractivity contribution in [2.75, 3.05) is 0 Å². The lowest BCUT2D eigenvalue weighted by Gasteiger charge is -2.05. The summed E-state index contributed by atoms with van der Waals surface area (Å²) in [5.41, 5.74) is 2.40. The Kier molecular flexibility index (Phi) is 2.91. The number of benzene rings is 1. The Morgan fingerprint density at radius 2 is 1.89 bits per heavy atom. The van der Waals surface area contributed by atoms with Gasteiger partial charge in [-0.1, -0.05) is 12.2 Å². The summed E-state index contributed by atoms with van der Waals surface area (Å²) >= 11 is 6.94. The number of halogens is 2. The van der Waals surface area contributed by atoms with Gasteiger partial charge in [0.05, 0.1) is 0 Å². The molecule has 0 spiro atoms. The lowest BCUT2D eigenvalue weighted by atomic mass is 10.2. The topological polar surface area (TPSA) is 28.7 Å². The van der Waals surface area contributed by atoms with Crippen LogP contribution in [0.5, 0.6) is 0 Å². The third-order valence-corrected chi connectivity index (χ3v) is 4.06. The maximum absolute atomic E-state index is 13.2. The lowest BCUT2D eigenvalue weighted by molar-refractivity contribution is 0.584. The van der Waals surface area contributed by atoms with Gasteiger partial charge < -0.3 is 4.98 Å². The van der Waals surface area contributed by atoms with Gasteiger partial charge in [0.25, 0.3) is 0 Å². The molecule has 18 heavy (non-hydrogen) atoms. The molecule has 2 heterocycles. The molecule has 2 nitrogen and oxygen atoms in total. The Hall–Kier alpha value is -1.27. The molecule has 1 N–H and O–H groups in total. The Morgan fingerprint density at radius 1 is 1.17 bits per heavy atom. The quantitative estimate of drug-likeness (QED) is 0.806. The number of thioether (sulfide) groups is 1. The first-order chi connectivity index (χ1) is 8.63. The largest absolute Gasteiger partial charge is 0.342 e. The third kappa shape index (κ3) is 2.06. The minimum Gasteiger partial charge on any atom is -0.342 e. The lowest BCUT2D eigenvalue weighted by Crippen LogP contribution is -1.98. The van der Waals surface area contributed by atoms with Crippen LogP contribution in [0.25, 0.3) is 11.4 Å². The number of nitrogens with zero attached hydrogens (tertiary/aromatic N) is 1. The van der Waals surface area contributed by atoms with Gasteiger partial charge in [-0.25, -0.2) is 13.8 Å². The van der Waals surface area contributed by atoms with E-state index in [1.54, 1.807) is 11.8 Å². The number of hydrogen-bond donors (Lipinski definition) is 1. The van der Waals surface area contributed by atoms with Gasteiger partial charge in [0.15, 0.2) is 0 Å². The van der Waals surface area contributed by atoms with E-state index in [-0.39, 0.29) is 0 Å². The van der Waals surface area contributed by atoms with E-state index in [0.29, 0.717) is 16.0 Å². The SMILES string of the molecule is Fc1cc(F)cc(-c2nc(=S)c3c([nH]2)CSC3)c1. The zero-order valence-corrected chi connectivity index (χ0v) is 10.8. The fourth-order valence-corrected chi connectivity index (χ4v) is 3.34. The van der Waals surface area contributed by atoms with Gasteiger partial charge >= 0.3 is 0 Å². The van der Waals surface area contributed by atoms with E-state index < -0.39 is 11.6 Å². The Balaban J connectivity index is 2.18. The molecule has 0 saturated carbocycles. The smallest absolute Gasteiger partial charge is 0.139 e.